The third-order valence-electron chi connectivity index (χ3n) is 3.66. The van der Waals surface area contributed by atoms with Crippen molar-refractivity contribution in [2.75, 3.05) is 25.0 Å². The van der Waals surface area contributed by atoms with Gasteiger partial charge in [0.2, 0.25) is 0 Å². The van der Waals surface area contributed by atoms with Crippen LogP contribution in [-0.4, -0.2) is 36.1 Å². The van der Waals surface area contributed by atoms with Gasteiger partial charge in [0.15, 0.2) is 5.96 Å². The van der Waals surface area contributed by atoms with Crippen LogP contribution < -0.4 is 15.5 Å². The minimum atomic E-state index is 0. The molecule has 0 aromatic carbocycles. The number of aromatic nitrogens is 2. The number of nitrogens with one attached hydrogen (secondary N) is 2. The second-order valence-corrected chi connectivity index (χ2v) is 6.66. The monoisotopic (exact) mass is 474 g/mol. The molecule has 138 valence electrons. The van der Waals surface area contributed by atoms with Crippen LogP contribution in [0.2, 0.25) is 0 Å². The zero-order valence-electron chi connectivity index (χ0n) is 15.2. The van der Waals surface area contributed by atoms with Crippen molar-refractivity contribution < 1.29 is 0 Å². The number of rotatable bonds is 7. The molecule has 2 N–H and O–H groups in total. The summed E-state index contributed by atoms with van der Waals surface area (Å²) in [6, 6.07) is 4.17. The summed E-state index contributed by atoms with van der Waals surface area (Å²) >= 11 is 1.69. The minimum absolute atomic E-state index is 0. The maximum atomic E-state index is 4.54. The standard InChI is InChI=1S/C17H26N6S.HI/c1-5-23(6-2)15-8-7-14(10-19-15)11-21-17(18-4)22-12-16-20-9-13(3)24-16;/h7-10H,5-6,11-12H2,1-4H3,(H2,18,21,22);1H. The van der Waals surface area contributed by atoms with Crippen molar-refractivity contribution in [1.82, 2.24) is 20.6 Å². The summed E-state index contributed by atoms with van der Waals surface area (Å²) in [6.45, 7) is 9.63. The van der Waals surface area contributed by atoms with Crippen LogP contribution in [0.1, 0.15) is 29.3 Å². The summed E-state index contributed by atoms with van der Waals surface area (Å²) in [6.07, 6.45) is 3.80. The molecule has 0 aliphatic heterocycles. The number of thiazole rings is 1. The summed E-state index contributed by atoms with van der Waals surface area (Å²) in [4.78, 5) is 16.6. The average molecular weight is 474 g/mol. The maximum Gasteiger partial charge on any atom is 0.191 e. The lowest BCUT2D eigenvalue weighted by Gasteiger charge is -2.19. The number of guanidine groups is 1. The second kappa shape index (κ2) is 11.2. The van der Waals surface area contributed by atoms with Gasteiger partial charge in [0.05, 0.1) is 6.54 Å². The van der Waals surface area contributed by atoms with Crippen LogP contribution in [0, 0.1) is 6.92 Å². The van der Waals surface area contributed by atoms with E-state index in [1.165, 1.54) is 4.88 Å². The molecule has 2 rings (SSSR count). The Kier molecular flexibility index (Phi) is 9.73. The third kappa shape index (κ3) is 6.77. The maximum absolute atomic E-state index is 4.54. The highest BCUT2D eigenvalue weighted by Crippen LogP contribution is 2.11. The largest absolute Gasteiger partial charge is 0.357 e. The van der Waals surface area contributed by atoms with E-state index in [9.17, 15) is 0 Å². The van der Waals surface area contributed by atoms with Crippen molar-refractivity contribution in [2.24, 2.45) is 4.99 Å². The van der Waals surface area contributed by atoms with Crippen molar-refractivity contribution in [1.29, 1.82) is 0 Å². The second-order valence-electron chi connectivity index (χ2n) is 5.34. The van der Waals surface area contributed by atoms with Crippen LogP contribution in [0.15, 0.2) is 29.5 Å². The quantitative estimate of drug-likeness (QED) is 0.367. The molecular weight excluding hydrogens is 447 g/mol. The molecule has 0 saturated carbocycles. The van der Waals surface area contributed by atoms with Crippen LogP contribution in [0.4, 0.5) is 5.82 Å². The molecule has 25 heavy (non-hydrogen) atoms. The van der Waals surface area contributed by atoms with Gasteiger partial charge in [-0.1, -0.05) is 6.07 Å². The van der Waals surface area contributed by atoms with Crippen molar-refractivity contribution in [2.45, 2.75) is 33.9 Å². The van der Waals surface area contributed by atoms with Gasteiger partial charge in [-0.3, -0.25) is 4.99 Å². The molecule has 2 aromatic rings. The number of hydrogen-bond donors (Lipinski definition) is 2. The zero-order chi connectivity index (χ0) is 17.4. The Labute approximate surface area is 171 Å². The van der Waals surface area contributed by atoms with E-state index in [1.807, 2.05) is 12.4 Å². The summed E-state index contributed by atoms with van der Waals surface area (Å²) in [5.74, 6) is 1.78. The number of halogens is 1. The molecule has 0 fully saturated rings. The SMILES string of the molecule is CCN(CC)c1ccc(CNC(=NC)NCc2ncc(C)s2)cn1.I. The molecule has 0 radical (unpaired) electrons. The van der Waals surface area contributed by atoms with E-state index < -0.39 is 0 Å². The molecule has 2 aromatic heterocycles. The highest BCUT2D eigenvalue weighted by molar-refractivity contribution is 14.0. The molecule has 0 saturated heterocycles. The molecule has 0 aliphatic rings. The van der Waals surface area contributed by atoms with Crippen molar-refractivity contribution >= 4 is 47.1 Å². The van der Waals surface area contributed by atoms with E-state index in [0.29, 0.717) is 13.1 Å². The van der Waals surface area contributed by atoms with Gasteiger partial charge in [0, 0.05) is 44.0 Å². The molecule has 2 heterocycles. The third-order valence-corrected chi connectivity index (χ3v) is 4.57. The first-order chi connectivity index (χ1) is 11.7. The lowest BCUT2D eigenvalue weighted by molar-refractivity contribution is 0.799. The van der Waals surface area contributed by atoms with Gasteiger partial charge < -0.3 is 15.5 Å². The minimum Gasteiger partial charge on any atom is -0.357 e. The van der Waals surface area contributed by atoms with Crippen molar-refractivity contribution in [3.05, 3.63) is 40.0 Å². The zero-order valence-corrected chi connectivity index (χ0v) is 18.4. The Morgan fingerprint density at radius 1 is 1.12 bits per heavy atom. The average Bonchev–Trinajstić information content (AvgIpc) is 3.03. The fraction of sp³-hybridized carbons (Fsp3) is 0.471. The van der Waals surface area contributed by atoms with Crippen LogP contribution in [0.3, 0.4) is 0 Å². The highest BCUT2D eigenvalue weighted by Gasteiger charge is 2.04. The summed E-state index contributed by atoms with van der Waals surface area (Å²) in [5.41, 5.74) is 1.12. The van der Waals surface area contributed by atoms with Crippen LogP contribution >= 0.6 is 35.3 Å². The highest BCUT2D eigenvalue weighted by atomic mass is 127. The fourth-order valence-corrected chi connectivity index (χ4v) is 3.03. The van der Waals surface area contributed by atoms with Gasteiger partial charge in [-0.15, -0.1) is 35.3 Å². The topological polar surface area (TPSA) is 65.4 Å². The lowest BCUT2D eigenvalue weighted by Crippen LogP contribution is -2.36. The molecule has 0 spiro atoms. The van der Waals surface area contributed by atoms with Crippen LogP contribution in [-0.2, 0) is 13.1 Å². The van der Waals surface area contributed by atoms with Crippen molar-refractivity contribution in [3.63, 3.8) is 0 Å². The molecule has 0 atom stereocenters. The Morgan fingerprint density at radius 3 is 2.36 bits per heavy atom. The first-order valence-corrected chi connectivity index (χ1v) is 9.03. The van der Waals surface area contributed by atoms with Gasteiger partial charge in [0.1, 0.15) is 10.8 Å². The molecular formula is C17H27IN6S. The van der Waals surface area contributed by atoms with E-state index in [4.69, 9.17) is 0 Å². The number of aliphatic imine (C=N–C) groups is 1. The molecule has 0 unspecified atom stereocenters. The van der Waals surface area contributed by atoms with Gasteiger partial charge >= 0.3 is 0 Å². The lowest BCUT2D eigenvalue weighted by atomic mass is 10.2. The molecule has 6 nitrogen and oxygen atoms in total. The van der Waals surface area contributed by atoms with Crippen LogP contribution in [0.25, 0.3) is 0 Å². The van der Waals surface area contributed by atoms with Crippen molar-refractivity contribution in [3.8, 4) is 0 Å². The summed E-state index contributed by atoms with van der Waals surface area (Å²) in [7, 11) is 1.77. The number of nitrogens with zero attached hydrogens (tertiary/aromatic N) is 4. The van der Waals surface area contributed by atoms with Gasteiger partial charge in [0.25, 0.3) is 0 Å². The first kappa shape index (κ1) is 21.6. The predicted octanol–water partition coefficient (Wildman–Crippen LogP) is 3.18. The number of pyridine rings is 1. The van der Waals surface area contributed by atoms with Gasteiger partial charge in [-0.25, -0.2) is 9.97 Å². The summed E-state index contributed by atoms with van der Waals surface area (Å²) < 4.78 is 0. The van der Waals surface area contributed by atoms with E-state index in [1.54, 1.807) is 18.4 Å². The molecule has 0 amide bonds. The van der Waals surface area contributed by atoms with E-state index in [-0.39, 0.29) is 24.0 Å². The Hall–Kier alpha value is -1.42. The molecule has 0 aliphatic carbocycles. The smallest absolute Gasteiger partial charge is 0.191 e. The van der Waals surface area contributed by atoms with Gasteiger partial charge in [-0.05, 0) is 32.4 Å². The molecule has 0 bridgehead atoms. The number of anilines is 1. The number of aryl methyl sites for hydroxylation is 1. The van der Waals surface area contributed by atoms with Crippen LogP contribution in [0.5, 0.6) is 0 Å². The Balaban J connectivity index is 0.00000312. The number of hydrogen-bond acceptors (Lipinski definition) is 5. The van der Waals surface area contributed by atoms with E-state index in [2.05, 4.69) is 63.4 Å². The predicted molar refractivity (Wildman–Crippen MR) is 117 cm³/mol. The van der Waals surface area contributed by atoms with Gasteiger partial charge in [-0.2, -0.15) is 0 Å². The fourth-order valence-electron chi connectivity index (χ4n) is 2.30. The summed E-state index contributed by atoms with van der Waals surface area (Å²) in [5, 5.41) is 7.63. The first-order valence-electron chi connectivity index (χ1n) is 8.22. The normalized spacial score (nSPS) is 11.0. The van der Waals surface area contributed by atoms with E-state index >= 15 is 0 Å². The Morgan fingerprint density at radius 2 is 1.84 bits per heavy atom. The molecule has 8 heteroatoms. The van der Waals surface area contributed by atoms with E-state index in [0.717, 1.165) is 35.4 Å². The Bertz CT molecular complexity index is 651.